The van der Waals surface area contributed by atoms with Crippen molar-refractivity contribution in [3.05, 3.63) is 106 Å². The number of aromatic amines is 1. The normalized spacial score (nSPS) is 15.9. The van der Waals surface area contributed by atoms with E-state index in [9.17, 15) is 49.6 Å². The van der Waals surface area contributed by atoms with Gasteiger partial charge in [-0.1, -0.05) is 18.2 Å². The number of nitrogens with one attached hydrogen (secondary N) is 2. The van der Waals surface area contributed by atoms with E-state index in [2.05, 4.69) is 5.10 Å². The van der Waals surface area contributed by atoms with Crippen molar-refractivity contribution in [3.63, 3.8) is 0 Å². The van der Waals surface area contributed by atoms with Crippen LogP contribution < -0.4 is 15.8 Å². The number of ether oxygens (including phenoxy) is 1. The lowest BCUT2D eigenvalue weighted by Crippen LogP contribution is -2.48. The number of carbonyl (C=O) groups excluding carboxylic acids is 1. The van der Waals surface area contributed by atoms with Crippen LogP contribution in [0, 0.1) is 0 Å². The minimum Gasteiger partial charge on any atom is -0.457 e. The van der Waals surface area contributed by atoms with E-state index in [0.717, 1.165) is 28.9 Å². The Morgan fingerprint density at radius 2 is 1.50 bits per heavy atom. The lowest BCUT2D eigenvalue weighted by Gasteiger charge is -2.32. The first kappa shape index (κ1) is 30.8. The van der Waals surface area contributed by atoms with Crippen molar-refractivity contribution in [2.75, 3.05) is 6.54 Å². The Balaban J connectivity index is 1.47. The van der Waals surface area contributed by atoms with Gasteiger partial charge in [0.25, 0.3) is 11.5 Å². The maximum absolute atomic E-state index is 13.6. The van der Waals surface area contributed by atoms with Crippen molar-refractivity contribution >= 4 is 15.9 Å². The number of aromatic nitrogens is 2. The molecule has 0 radical (unpaired) electrons. The molecule has 4 aromatic rings. The van der Waals surface area contributed by atoms with Crippen LogP contribution in [0.15, 0.2) is 82.5 Å². The van der Waals surface area contributed by atoms with Gasteiger partial charge >= 0.3 is 12.4 Å². The highest BCUT2D eigenvalue weighted by molar-refractivity contribution is 7.89. The molecule has 1 atom stereocenters. The smallest absolute Gasteiger partial charge is 0.416 e. The average molecular weight is 643 g/mol. The molecular weight excluding hydrogens is 622 g/mol. The molecule has 1 aliphatic rings. The number of alkyl halides is 6. The van der Waals surface area contributed by atoms with Gasteiger partial charge in [-0.25, -0.2) is 18.6 Å². The number of nitrogens with zero attached hydrogens (tertiary/aromatic N) is 2. The fourth-order valence-corrected chi connectivity index (χ4v) is 6.30. The van der Waals surface area contributed by atoms with Gasteiger partial charge in [0, 0.05) is 18.7 Å². The van der Waals surface area contributed by atoms with Gasteiger partial charge in [-0.05, 0) is 54.6 Å². The predicted molar refractivity (Wildman–Crippen MR) is 140 cm³/mol. The molecule has 232 valence electrons. The molecule has 0 aliphatic carbocycles. The summed E-state index contributed by atoms with van der Waals surface area (Å²) in [6.45, 7) is -0.301. The predicted octanol–water partition coefficient (Wildman–Crippen LogP) is 4.79. The fraction of sp³-hybridized carbons (Fsp3) is 0.185. The number of hydroxylamine groups is 1. The summed E-state index contributed by atoms with van der Waals surface area (Å²) >= 11 is 0. The third-order valence-electron chi connectivity index (χ3n) is 6.75. The Hall–Kier alpha value is -4.61. The second-order valence-electron chi connectivity index (χ2n) is 9.54. The van der Waals surface area contributed by atoms with Crippen molar-refractivity contribution in [1.82, 2.24) is 19.6 Å². The van der Waals surface area contributed by atoms with E-state index in [-0.39, 0.29) is 36.0 Å². The first-order valence-electron chi connectivity index (χ1n) is 12.5. The largest absolute Gasteiger partial charge is 0.457 e. The molecule has 44 heavy (non-hydrogen) atoms. The number of carbonyl (C=O) groups is 1. The number of amides is 1. The lowest BCUT2D eigenvalue weighted by atomic mass is 10.0. The Labute approximate surface area is 244 Å². The molecule has 0 bridgehead atoms. The SMILES string of the molecule is O=C(NO)C1c2c([nH]n(-c3ccccc3)c2=O)CCN1S(=O)(=O)c1ccc(Oc2cc(C(F)(F)F)cc(C(F)(F)F)c2)cc1. The second kappa shape index (κ2) is 11.1. The van der Waals surface area contributed by atoms with Crippen LogP contribution >= 0.6 is 0 Å². The molecule has 1 aliphatic heterocycles. The lowest BCUT2D eigenvalue weighted by molar-refractivity contribution is -0.143. The highest BCUT2D eigenvalue weighted by Gasteiger charge is 2.44. The zero-order chi connectivity index (χ0) is 32.0. The van der Waals surface area contributed by atoms with Crippen LogP contribution in [0.1, 0.15) is 28.4 Å². The topological polar surface area (TPSA) is 134 Å². The summed E-state index contributed by atoms with van der Waals surface area (Å²) in [5, 5.41) is 12.3. The van der Waals surface area contributed by atoms with Crippen LogP contribution in [0.2, 0.25) is 0 Å². The van der Waals surface area contributed by atoms with Crippen molar-refractivity contribution < 1.29 is 49.5 Å². The molecule has 1 unspecified atom stereocenters. The molecule has 0 saturated carbocycles. The Morgan fingerprint density at radius 3 is 2.05 bits per heavy atom. The molecule has 0 spiro atoms. The number of halogens is 6. The zero-order valence-corrected chi connectivity index (χ0v) is 22.8. The first-order chi connectivity index (χ1) is 20.6. The molecule has 0 fully saturated rings. The highest BCUT2D eigenvalue weighted by atomic mass is 32.2. The van der Waals surface area contributed by atoms with Gasteiger partial charge in [-0.15, -0.1) is 0 Å². The number of sulfonamides is 1. The number of hydrogen-bond acceptors (Lipinski definition) is 6. The number of fused-ring (bicyclic) bond motifs is 1. The second-order valence-corrected chi connectivity index (χ2v) is 11.4. The maximum Gasteiger partial charge on any atom is 0.416 e. The van der Waals surface area contributed by atoms with Gasteiger partial charge in [0.15, 0.2) is 0 Å². The van der Waals surface area contributed by atoms with Crippen LogP contribution in [0.4, 0.5) is 26.3 Å². The average Bonchev–Trinajstić information content (AvgIpc) is 3.32. The quantitative estimate of drug-likeness (QED) is 0.157. The Bertz CT molecular complexity index is 1840. The number of H-pyrrole nitrogens is 1. The molecule has 10 nitrogen and oxygen atoms in total. The summed E-state index contributed by atoms with van der Waals surface area (Å²) in [7, 11) is -4.58. The molecule has 2 heterocycles. The fourth-order valence-electron chi connectivity index (χ4n) is 4.74. The Morgan fingerprint density at radius 1 is 0.909 bits per heavy atom. The van der Waals surface area contributed by atoms with Crippen LogP contribution in [0.5, 0.6) is 11.5 Å². The van der Waals surface area contributed by atoms with E-state index in [1.165, 1.54) is 5.48 Å². The first-order valence-corrected chi connectivity index (χ1v) is 14.0. The van der Waals surface area contributed by atoms with Gasteiger partial charge in [-0.3, -0.25) is 19.9 Å². The van der Waals surface area contributed by atoms with Crippen molar-refractivity contribution in [2.24, 2.45) is 0 Å². The summed E-state index contributed by atoms with van der Waals surface area (Å²) in [6.07, 6.45) is -10.2. The van der Waals surface area contributed by atoms with E-state index in [4.69, 9.17) is 4.74 Å². The third-order valence-corrected chi connectivity index (χ3v) is 8.63. The van der Waals surface area contributed by atoms with E-state index in [1.807, 2.05) is 0 Å². The van der Waals surface area contributed by atoms with E-state index >= 15 is 0 Å². The van der Waals surface area contributed by atoms with Gasteiger partial charge in [0.05, 0.1) is 27.3 Å². The maximum atomic E-state index is 13.6. The standard InChI is InChI=1S/C27H20F6N4O6S/c28-26(29,30)15-12-16(27(31,32)33)14-19(13-15)43-18-6-8-20(9-7-18)44(41,42)36-11-10-21-22(23(36)24(38)35-40)25(39)37(34-21)17-4-2-1-3-5-17/h1-9,12-14,23,34,40H,10-11H2,(H,35,38). The molecule has 0 saturated heterocycles. The van der Waals surface area contributed by atoms with Crippen LogP contribution in [-0.2, 0) is 33.6 Å². The summed E-state index contributed by atoms with van der Waals surface area (Å²) in [4.78, 5) is 25.7. The van der Waals surface area contributed by atoms with Crippen molar-refractivity contribution in [2.45, 2.75) is 29.7 Å². The minimum atomic E-state index is -5.10. The number of rotatable bonds is 6. The van der Waals surface area contributed by atoms with E-state index in [1.54, 1.807) is 30.3 Å². The van der Waals surface area contributed by atoms with E-state index < -0.39 is 61.7 Å². The highest BCUT2D eigenvalue weighted by Crippen LogP contribution is 2.39. The molecule has 3 aromatic carbocycles. The molecule has 5 rings (SSSR count). The summed E-state index contributed by atoms with van der Waals surface area (Å²) in [5.41, 5.74) is -2.10. The third kappa shape index (κ3) is 5.80. The monoisotopic (exact) mass is 642 g/mol. The minimum absolute atomic E-state index is 0.0167. The number of hydrogen-bond donors (Lipinski definition) is 3. The molecular formula is C27H20F6N4O6S. The number of para-hydroxylation sites is 1. The summed E-state index contributed by atoms with van der Waals surface area (Å²) < 4.78 is 113. The number of benzene rings is 3. The van der Waals surface area contributed by atoms with Crippen molar-refractivity contribution in [1.29, 1.82) is 0 Å². The van der Waals surface area contributed by atoms with Crippen LogP contribution in [0.25, 0.3) is 5.69 Å². The van der Waals surface area contributed by atoms with Gasteiger partial charge in [-0.2, -0.15) is 30.6 Å². The molecule has 3 N–H and O–H groups in total. The van der Waals surface area contributed by atoms with Crippen LogP contribution in [0.3, 0.4) is 0 Å². The Kier molecular flexibility index (Phi) is 7.81. The molecule has 1 amide bonds. The van der Waals surface area contributed by atoms with Gasteiger partial charge in [0.2, 0.25) is 10.0 Å². The molecule has 17 heteroatoms. The van der Waals surface area contributed by atoms with Crippen LogP contribution in [-0.4, -0.2) is 40.2 Å². The summed E-state index contributed by atoms with van der Waals surface area (Å²) in [6, 6.07) is 11.0. The van der Waals surface area contributed by atoms with Crippen molar-refractivity contribution in [3.8, 4) is 17.2 Å². The zero-order valence-electron chi connectivity index (χ0n) is 22.0. The molecule has 1 aromatic heterocycles. The summed E-state index contributed by atoms with van der Waals surface area (Å²) in [5.74, 6) is -2.30. The van der Waals surface area contributed by atoms with Gasteiger partial charge in [0.1, 0.15) is 17.5 Å². The van der Waals surface area contributed by atoms with E-state index in [0.29, 0.717) is 22.1 Å². The van der Waals surface area contributed by atoms with Gasteiger partial charge < -0.3 is 4.74 Å².